The van der Waals surface area contributed by atoms with Crippen LogP contribution in [-0.2, 0) is 17.4 Å². The number of aliphatic carboxylic acids is 1. The van der Waals surface area contributed by atoms with Crippen LogP contribution in [0.1, 0.15) is 95.3 Å². The van der Waals surface area contributed by atoms with Crippen molar-refractivity contribution in [2.75, 3.05) is 13.1 Å². The van der Waals surface area contributed by atoms with Gasteiger partial charge in [0.15, 0.2) is 0 Å². The van der Waals surface area contributed by atoms with Gasteiger partial charge in [-0.1, -0.05) is 73.6 Å². The lowest BCUT2D eigenvalue weighted by Crippen LogP contribution is -2.47. The second-order valence-corrected chi connectivity index (χ2v) is 15.9. The summed E-state index contributed by atoms with van der Waals surface area (Å²) in [5, 5.41) is 14.6. The zero-order chi connectivity index (χ0) is 36.5. The van der Waals surface area contributed by atoms with Crippen molar-refractivity contribution in [2.24, 2.45) is 16.3 Å². The first-order valence-corrected chi connectivity index (χ1v) is 17.4. The maximum Gasteiger partial charge on any atom is 0.416 e. The van der Waals surface area contributed by atoms with Gasteiger partial charge in [-0.2, -0.15) is 18.2 Å². The number of aromatic nitrogens is 2. The molecule has 11 heteroatoms. The summed E-state index contributed by atoms with van der Waals surface area (Å²) in [5.41, 5.74) is 1.85. The van der Waals surface area contributed by atoms with Gasteiger partial charge in [-0.05, 0) is 101 Å². The predicted octanol–water partition coefficient (Wildman–Crippen LogP) is 9.83. The number of halogens is 4. The van der Waals surface area contributed by atoms with E-state index in [1.54, 1.807) is 6.07 Å². The Hall–Kier alpha value is -3.76. The third kappa shape index (κ3) is 8.57. The van der Waals surface area contributed by atoms with Crippen molar-refractivity contribution in [1.82, 2.24) is 15.0 Å². The van der Waals surface area contributed by atoms with Gasteiger partial charge in [0.25, 0.3) is 5.89 Å². The van der Waals surface area contributed by atoms with Gasteiger partial charge in [-0.3, -0.25) is 14.7 Å². The summed E-state index contributed by atoms with van der Waals surface area (Å²) in [6, 6.07) is 12.8. The highest BCUT2D eigenvalue weighted by Gasteiger charge is 2.44. The summed E-state index contributed by atoms with van der Waals surface area (Å²) < 4.78 is 45.8. The van der Waals surface area contributed by atoms with E-state index in [4.69, 9.17) is 21.1 Å². The molecule has 2 heterocycles. The van der Waals surface area contributed by atoms with Crippen LogP contribution in [0.2, 0.25) is 0 Å². The number of likely N-dealkylation sites (tertiary alicyclic amines) is 1. The topological polar surface area (TPSA) is 91.8 Å². The number of alkyl halides is 4. The fourth-order valence-electron chi connectivity index (χ4n) is 7.07. The average Bonchev–Trinajstić information content (AvgIpc) is 3.55. The number of nitrogens with zero attached hydrogens (tertiary/aromatic N) is 4. The Bertz CT molecular complexity index is 1750. The molecule has 1 saturated heterocycles. The number of carbonyl (C=O) groups is 1. The van der Waals surface area contributed by atoms with Gasteiger partial charge in [0.2, 0.25) is 5.82 Å². The number of benzene rings is 2. The van der Waals surface area contributed by atoms with Crippen molar-refractivity contribution >= 4 is 29.9 Å². The molecule has 1 N–H and O–H groups in total. The van der Waals surface area contributed by atoms with Crippen molar-refractivity contribution in [3.05, 3.63) is 88.8 Å². The van der Waals surface area contributed by atoms with Gasteiger partial charge in [-0.25, -0.2) is 0 Å². The SMILES string of the molecule is C=NC(C)(C)CC(c1ccc(-c2noc(C3=CC=C(CC(C)C)C(C)(Cl)C3)n2)cc1)N1CCC(Cc2cccc(C(F)(F)F)c2)(C(=O)O)CC1. The fraction of sp³-hybridized carbons (Fsp3) is 0.487. The molecule has 1 aliphatic heterocycles. The zero-order valence-electron chi connectivity index (χ0n) is 29.4. The minimum Gasteiger partial charge on any atom is -0.481 e. The normalized spacial score (nSPS) is 20.7. The van der Waals surface area contributed by atoms with E-state index in [0.29, 0.717) is 62.0 Å². The summed E-state index contributed by atoms with van der Waals surface area (Å²) in [4.78, 5) is 23.4. The number of aliphatic imine (C=N–C) groups is 1. The second kappa shape index (κ2) is 14.5. The van der Waals surface area contributed by atoms with Gasteiger partial charge < -0.3 is 9.63 Å². The molecule has 3 aromatic rings. The monoisotopic (exact) mass is 710 g/mol. The molecule has 1 fully saturated rings. The van der Waals surface area contributed by atoms with E-state index in [-0.39, 0.29) is 12.5 Å². The molecule has 0 spiro atoms. The summed E-state index contributed by atoms with van der Waals surface area (Å²) in [6.07, 6.45) is 2.35. The number of hydrogen-bond acceptors (Lipinski definition) is 6. The van der Waals surface area contributed by atoms with Gasteiger partial charge in [0.05, 0.1) is 21.4 Å². The Morgan fingerprint density at radius 1 is 1.12 bits per heavy atom. The molecule has 1 aromatic heterocycles. The van der Waals surface area contributed by atoms with E-state index in [1.807, 2.05) is 51.1 Å². The minimum atomic E-state index is -4.50. The highest BCUT2D eigenvalue weighted by Crippen LogP contribution is 2.43. The molecule has 5 rings (SSSR count). The molecule has 0 saturated carbocycles. The maximum atomic E-state index is 13.4. The molecule has 0 bridgehead atoms. The van der Waals surface area contributed by atoms with Crippen molar-refractivity contribution in [3.63, 3.8) is 0 Å². The molecular weight excluding hydrogens is 665 g/mol. The Morgan fingerprint density at radius 3 is 2.38 bits per heavy atom. The van der Waals surface area contributed by atoms with Crippen LogP contribution in [0.3, 0.4) is 0 Å². The number of piperidine rings is 1. The average molecular weight is 711 g/mol. The number of carboxylic acid groups (broad SMARTS) is 1. The largest absolute Gasteiger partial charge is 0.481 e. The first-order chi connectivity index (χ1) is 23.4. The predicted molar refractivity (Wildman–Crippen MR) is 191 cm³/mol. The molecule has 268 valence electrons. The second-order valence-electron chi connectivity index (χ2n) is 15.1. The Kier molecular flexibility index (Phi) is 10.8. The molecule has 50 heavy (non-hydrogen) atoms. The molecule has 2 aromatic carbocycles. The van der Waals surface area contributed by atoms with Gasteiger partial charge in [0, 0.05) is 23.6 Å². The van der Waals surface area contributed by atoms with Crippen molar-refractivity contribution in [2.45, 2.75) is 95.8 Å². The lowest BCUT2D eigenvalue weighted by molar-refractivity contribution is -0.152. The first-order valence-electron chi connectivity index (χ1n) is 17.1. The summed E-state index contributed by atoms with van der Waals surface area (Å²) >= 11 is 6.93. The fourth-order valence-corrected chi connectivity index (χ4v) is 7.36. The molecule has 0 radical (unpaired) electrons. The van der Waals surface area contributed by atoms with E-state index < -0.39 is 33.5 Å². The quantitative estimate of drug-likeness (QED) is 0.149. The van der Waals surface area contributed by atoms with E-state index >= 15 is 0 Å². The van der Waals surface area contributed by atoms with Gasteiger partial charge >= 0.3 is 12.1 Å². The number of carboxylic acids is 1. The number of hydrogen-bond donors (Lipinski definition) is 1. The summed E-state index contributed by atoms with van der Waals surface area (Å²) in [5.74, 6) is 0.406. The molecule has 2 aliphatic rings. The summed E-state index contributed by atoms with van der Waals surface area (Å²) in [7, 11) is 0. The summed E-state index contributed by atoms with van der Waals surface area (Å²) in [6.45, 7) is 15.1. The number of rotatable bonds is 12. The van der Waals surface area contributed by atoms with Crippen LogP contribution in [0.5, 0.6) is 0 Å². The van der Waals surface area contributed by atoms with E-state index in [1.165, 1.54) is 11.6 Å². The van der Waals surface area contributed by atoms with E-state index in [9.17, 15) is 23.1 Å². The lowest BCUT2D eigenvalue weighted by Gasteiger charge is -2.44. The van der Waals surface area contributed by atoms with Crippen molar-refractivity contribution in [3.8, 4) is 11.4 Å². The van der Waals surface area contributed by atoms with Crippen LogP contribution < -0.4 is 0 Å². The van der Waals surface area contributed by atoms with Crippen molar-refractivity contribution in [1.29, 1.82) is 0 Å². The van der Waals surface area contributed by atoms with Crippen molar-refractivity contribution < 1.29 is 27.6 Å². The van der Waals surface area contributed by atoms with Crippen LogP contribution in [0.4, 0.5) is 13.2 Å². The molecule has 2 atom stereocenters. The maximum absolute atomic E-state index is 13.4. The van der Waals surface area contributed by atoms with Crippen LogP contribution in [0, 0.1) is 11.3 Å². The molecular formula is C39H46ClF3N4O3. The molecule has 7 nitrogen and oxygen atoms in total. The van der Waals surface area contributed by atoms with Crippen LogP contribution in [0.15, 0.2) is 75.8 Å². The first kappa shape index (κ1) is 37.5. The van der Waals surface area contributed by atoms with Gasteiger partial charge in [0.1, 0.15) is 0 Å². The molecule has 2 unspecified atom stereocenters. The highest BCUT2D eigenvalue weighted by molar-refractivity contribution is 6.26. The molecule has 0 amide bonds. The van der Waals surface area contributed by atoms with E-state index in [2.05, 4.69) is 41.7 Å². The third-order valence-corrected chi connectivity index (χ3v) is 10.5. The Morgan fingerprint density at radius 2 is 1.80 bits per heavy atom. The van der Waals surface area contributed by atoms with Gasteiger partial charge in [-0.15, -0.1) is 11.6 Å². The highest BCUT2D eigenvalue weighted by atomic mass is 35.5. The van der Waals surface area contributed by atoms with Crippen LogP contribution >= 0.6 is 11.6 Å². The lowest BCUT2D eigenvalue weighted by atomic mass is 9.73. The minimum absolute atomic E-state index is 0.0300. The van der Waals surface area contributed by atoms with Crippen LogP contribution in [0.25, 0.3) is 17.0 Å². The van der Waals surface area contributed by atoms with E-state index in [0.717, 1.165) is 35.3 Å². The Balaban J connectivity index is 1.34. The molecule has 1 aliphatic carbocycles. The third-order valence-electron chi connectivity index (χ3n) is 10.1. The smallest absolute Gasteiger partial charge is 0.416 e. The van der Waals surface area contributed by atoms with Crippen LogP contribution in [-0.4, -0.2) is 56.3 Å². The zero-order valence-corrected chi connectivity index (χ0v) is 30.1. The number of allylic oxidation sites excluding steroid dienone is 4. The Labute approximate surface area is 297 Å². The standard InChI is InChI=1S/C39H46ClF3N4O3/c1-25(2)20-30-15-14-29(23-37(30,5)40)34-45-33(46-50-34)28-12-10-27(11-13-28)32(24-36(3,4)44-6)47-18-16-38(17-19-47,35(48)49)22-26-8-7-9-31(21-26)39(41,42)43/h7-15,21,25,32H,6,16-20,22-24H2,1-5H3,(H,48,49).